The van der Waals surface area contributed by atoms with Crippen molar-refractivity contribution >= 4 is 11.6 Å². The predicted octanol–water partition coefficient (Wildman–Crippen LogP) is 3.46. The average Bonchev–Trinajstić information content (AvgIpc) is 3.43. The molecule has 1 atom stereocenters. The highest BCUT2D eigenvalue weighted by molar-refractivity contribution is 5.94. The van der Waals surface area contributed by atoms with Gasteiger partial charge in [-0.2, -0.15) is 5.10 Å². The number of hydrogen-bond donors (Lipinski definition) is 2. The summed E-state index contributed by atoms with van der Waals surface area (Å²) in [6.45, 7) is 0.994. The van der Waals surface area contributed by atoms with Gasteiger partial charge in [-0.3, -0.25) is 4.79 Å². The molecule has 3 N–H and O–H groups in total. The first-order valence-electron chi connectivity index (χ1n) is 10.3. The minimum absolute atomic E-state index is 0.304. The van der Waals surface area contributed by atoms with E-state index in [9.17, 15) is 4.79 Å². The van der Waals surface area contributed by atoms with Crippen molar-refractivity contribution in [3.8, 4) is 22.5 Å². The van der Waals surface area contributed by atoms with Crippen LogP contribution in [0.2, 0.25) is 0 Å². The number of rotatable bonds is 5. The standard InChI is InChI=1S/C24H23N5O/c25-23(30)22-19(14-18-12-7-13-26-18)24-27-20(16-8-3-1-4-9-16)15-21(29(24)28-22)17-10-5-2-6-11-17/h1-6,8-11,15,18,26H,7,12-14H2,(H2,25,30). The monoisotopic (exact) mass is 397 g/mol. The summed E-state index contributed by atoms with van der Waals surface area (Å²) in [5.74, 6) is -0.520. The topological polar surface area (TPSA) is 85.3 Å². The Morgan fingerprint density at radius 2 is 1.77 bits per heavy atom. The zero-order valence-electron chi connectivity index (χ0n) is 16.6. The van der Waals surface area contributed by atoms with Crippen LogP contribution >= 0.6 is 0 Å². The molecule has 4 aromatic rings. The van der Waals surface area contributed by atoms with Gasteiger partial charge in [-0.15, -0.1) is 0 Å². The van der Waals surface area contributed by atoms with Crippen LogP contribution in [0.5, 0.6) is 0 Å². The molecule has 0 spiro atoms. The van der Waals surface area contributed by atoms with E-state index in [0.29, 0.717) is 23.8 Å². The van der Waals surface area contributed by atoms with Crippen molar-refractivity contribution in [2.75, 3.05) is 6.54 Å². The van der Waals surface area contributed by atoms with E-state index in [2.05, 4.69) is 10.4 Å². The van der Waals surface area contributed by atoms with Crippen molar-refractivity contribution in [3.05, 3.63) is 78.0 Å². The first-order valence-corrected chi connectivity index (χ1v) is 10.3. The minimum Gasteiger partial charge on any atom is -0.364 e. The molecule has 150 valence electrons. The highest BCUT2D eigenvalue weighted by atomic mass is 16.1. The van der Waals surface area contributed by atoms with E-state index in [1.165, 1.54) is 0 Å². The lowest BCUT2D eigenvalue weighted by Crippen LogP contribution is -2.25. The number of carbonyl (C=O) groups excluding carboxylic acids is 1. The Hall–Kier alpha value is -3.51. The predicted molar refractivity (Wildman–Crippen MR) is 117 cm³/mol. The van der Waals surface area contributed by atoms with Crippen molar-refractivity contribution in [1.29, 1.82) is 0 Å². The van der Waals surface area contributed by atoms with Gasteiger partial charge in [0.2, 0.25) is 0 Å². The first-order chi connectivity index (χ1) is 14.7. The van der Waals surface area contributed by atoms with E-state index in [4.69, 9.17) is 10.7 Å². The molecule has 6 heteroatoms. The van der Waals surface area contributed by atoms with Crippen LogP contribution in [0, 0.1) is 0 Å². The van der Waals surface area contributed by atoms with Crippen LogP contribution in [0.15, 0.2) is 66.7 Å². The smallest absolute Gasteiger partial charge is 0.269 e. The van der Waals surface area contributed by atoms with Gasteiger partial charge in [-0.05, 0) is 31.9 Å². The molecule has 30 heavy (non-hydrogen) atoms. The van der Waals surface area contributed by atoms with Crippen LogP contribution in [0.1, 0.15) is 28.9 Å². The Morgan fingerprint density at radius 3 is 2.40 bits per heavy atom. The van der Waals surface area contributed by atoms with Crippen molar-refractivity contribution in [2.24, 2.45) is 5.73 Å². The molecule has 1 aliphatic rings. The molecule has 0 saturated carbocycles. The van der Waals surface area contributed by atoms with E-state index in [-0.39, 0.29) is 0 Å². The maximum absolute atomic E-state index is 12.3. The van der Waals surface area contributed by atoms with E-state index in [1.54, 1.807) is 4.52 Å². The third-order valence-corrected chi connectivity index (χ3v) is 5.67. The number of nitrogens with one attached hydrogen (secondary N) is 1. The maximum Gasteiger partial charge on any atom is 0.269 e. The largest absolute Gasteiger partial charge is 0.364 e. The summed E-state index contributed by atoms with van der Waals surface area (Å²) in [4.78, 5) is 17.2. The lowest BCUT2D eigenvalue weighted by Gasteiger charge is -2.11. The molecule has 1 saturated heterocycles. The van der Waals surface area contributed by atoms with Gasteiger partial charge in [-0.25, -0.2) is 9.50 Å². The second kappa shape index (κ2) is 7.72. The molecule has 5 rings (SSSR count). The normalized spacial score (nSPS) is 16.2. The Kier molecular flexibility index (Phi) is 4.77. The van der Waals surface area contributed by atoms with Gasteiger partial charge >= 0.3 is 0 Å². The van der Waals surface area contributed by atoms with Crippen molar-refractivity contribution < 1.29 is 4.79 Å². The number of benzene rings is 2. The highest BCUT2D eigenvalue weighted by Gasteiger charge is 2.25. The molecule has 6 nitrogen and oxygen atoms in total. The third kappa shape index (κ3) is 3.35. The molecule has 1 amide bonds. The van der Waals surface area contributed by atoms with Gasteiger partial charge in [0.05, 0.1) is 11.4 Å². The van der Waals surface area contributed by atoms with E-state index >= 15 is 0 Å². The Bertz CT molecular complexity index is 1190. The van der Waals surface area contributed by atoms with Crippen LogP contribution in [0.25, 0.3) is 28.2 Å². The van der Waals surface area contributed by atoms with Gasteiger partial charge in [0.1, 0.15) is 0 Å². The number of hydrogen-bond acceptors (Lipinski definition) is 4. The molecule has 2 aromatic heterocycles. The van der Waals surface area contributed by atoms with Gasteiger partial charge in [0, 0.05) is 22.7 Å². The Balaban J connectivity index is 1.78. The Labute approximate surface area is 174 Å². The second-order valence-corrected chi connectivity index (χ2v) is 7.68. The quantitative estimate of drug-likeness (QED) is 0.540. The highest BCUT2D eigenvalue weighted by Crippen LogP contribution is 2.29. The second-order valence-electron chi connectivity index (χ2n) is 7.68. The summed E-state index contributed by atoms with van der Waals surface area (Å²) in [5, 5.41) is 8.12. The molecule has 0 bridgehead atoms. The molecule has 2 aromatic carbocycles. The number of fused-ring (bicyclic) bond motifs is 1. The molecule has 1 aliphatic heterocycles. The lowest BCUT2D eigenvalue weighted by atomic mass is 10.0. The van der Waals surface area contributed by atoms with E-state index < -0.39 is 5.91 Å². The first kappa shape index (κ1) is 18.5. The maximum atomic E-state index is 12.3. The van der Waals surface area contributed by atoms with Crippen LogP contribution in [0.4, 0.5) is 0 Å². The molecule has 3 heterocycles. The van der Waals surface area contributed by atoms with Gasteiger partial charge in [0.15, 0.2) is 11.3 Å². The fourth-order valence-corrected chi connectivity index (χ4v) is 4.20. The SMILES string of the molecule is NC(=O)c1nn2c(-c3ccccc3)cc(-c3ccccc3)nc2c1CC1CCCN1. The number of nitrogens with zero attached hydrogens (tertiary/aromatic N) is 3. The fourth-order valence-electron chi connectivity index (χ4n) is 4.20. The molecular formula is C24H23N5O. The fraction of sp³-hybridized carbons (Fsp3) is 0.208. The minimum atomic E-state index is -0.520. The zero-order chi connectivity index (χ0) is 20.5. The number of carbonyl (C=O) groups is 1. The molecular weight excluding hydrogens is 374 g/mol. The summed E-state index contributed by atoms with van der Waals surface area (Å²) in [7, 11) is 0. The van der Waals surface area contributed by atoms with Crippen LogP contribution in [-0.4, -0.2) is 33.1 Å². The Morgan fingerprint density at radius 1 is 1.07 bits per heavy atom. The van der Waals surface area contributed by atoms with Gasteiger partial charge in [-0.1, -0.05) is 60.7 Å². The average molecular weight is 397 g/mol. The number of nitrogens with two attached hydrogens (primary N) is 1. The summed E-state index contributed by atoms with van der Waals surface area (Å²) < 4.78 is 1.77. The van der Waals surface area contributed by atoms with E-state index in [1.807, 2.05) is 66.7 Å². The van der Waals surface area contributed by atoms with E-state index in [0.717, 1.165) is 47.5 Å². The third-order valence-electron chi connectivity index (χ3n) is 5.67. The van der Waals surface area contributed by atoms with Crippen molar-refractivity contribution in [1.82, 2.24) is 19.9 Å². The van der Waals surface area contributed by atoms with Gasteiger partial charge < -0.3 is 11.1 Å². The number of primary amides is 1. The lowest BCUT2D eigenvalue weighted by molar-refractivity contribution is 0.0994. The van der Waals surface area contributed by atoms with Gasteiger partial charge in [0.25, 0.3) is 5.91 Å². The van der Waals surface area contributed by atoms with Crippen LogP contribution in [0.3, 0.4) is 0 Å². The van der Waals surface area contributed by atoms with Crippen LogP contribution < -0.4 is 11.1 Å². The summed E-state index contributed by atoms with van der Waals surface area (Å²) in [6.07, 6.45) is 2.88. The molecule has 0 aliphatic carbocycles. The molecule has 1 unspecified atom stereocenters. The van der Waals surface area contributed by atoms with Crippen LogP contribution in [-0.2, 0) is 6.42 Å². The summed E-state index contributed by atoms with van der Waals surface area (Å²) >= 11 is 0. The van der Waals surface area contributed by atoms with Crippen molar-refractivity contribution in [2.45, 2.75) is 25.3 Å². The zero-order valence-corrected chi connectivity index (χ0v) is 16.6. The summed E-state index contributed by atoms with van der Waals surface area (Å²) in [5.41, 5.74) is 11.3. The molecule has 1 fully saturated rings. The van der Waals surface area contributed by atoms with Crippen molar-refractivity contribution in [3.63, 3.8) is 0 Å². The number of aromatic nitrogens is 3. The molecule has 0 radical (unpaired) electrons. The summed E-state index contributed by atoms with van der Waals surface area (Å²) in [6, 6.07) is 22.4. The number of amides is 1.